The van der Waals surface area contributed by atoms with Crippen LogP contribution in [-0.2, 0) is 12.6 Å². The molecule has 0 aliphatic heterocycles. The largest absolute Gasteiger partial charge is 0.330 e. The molecule has 1 rings (SSSR count). The van der Waals surface area contributed by atoms with E-state index in [9.17, 15) is 4.79 Å². The maximum Gasteiger partial charge on any atom is 0.328 e. The third-order valence-electron chi connectivity index (χ3n) is 2.36. The third kappa shape index (κ3) is 1.83. The molecular formula is C9H17N3O. The van der Waals surface area contributed by atoms with Crippen molar-refractivity contribution >= 4 is 0 Å². The highest BCUT2D eigenvalue weighted by Gasteiger charge is 2.21. The standard InChI is InChI=1S/C9H17N3O/c1-9(2,4-5-10)12-7-6-11(3)8(12)13/h6-7H,4-5,10H2,1-3H3. The summed E-state index contributed by atoms with van der Waals surface area (Å²) in [7, 11) is 1.75. The van der Waals surface area contributed by atoms with Crippen LogP contribution in [0.25, 0.3) is 0 Å². The van der Waals surface area contributed by atoms with Crippen LogP contribution in [0.5, 0.6) is 0 Å². The second kappa shape index (κ2) is 3.38. The Morgan fingerprint density at radius 1 is 1.46 bits per heavy atom. The van der Waals surface area contributed by atoms with Gasteiger partial charge in [0.2, 0.25) is 0 Å². The molecule has 4 nitrogen and oxygen atoms in total. The monoisotopic (exact) mass is 183 g/mol. The van der Waals surface area contributed by atoms with Gasteiger partial charge in [0.1, 0.15) is 0 Å². The van der Waals surface area contributed by atoms with Gasteiger partial charge in [0.05, 0.1) is 0 Å². The Hall–Kier alpha value is -1.03. The number of imidazole rings is 1. The first kappa shape index (κ1) is 10.1. The van der Waals surface area contributed by atoms with Crippen LogP contribution < -0.4 is 11.4 Å². The number of nitrogens with two attached hydrogens (primary N) is 1. The highest BCUT2D eigenvalue weighted by molar-refractivity contribution is 4.89. The van der Waals surface area contributed by atoms with Crippen LogP contribution in [0.3, 0.4) is 0 Å². The Bertz CT molecular complexity index is 335. The third-order valence-corrected chi connectivity index (χ3v) is 2.36. The summed E-state index contributed by atoms with van der Waals surface area (Å²) < 4.78 is 3.29. The van der Waals surface area contributed by atoms with E-state index in [0.29, 0.717) is 6.54 Å². The zero-order chi connectivity index (χ0) is 10.1. The first-order valence-corrected chi connectivity index (χ1v) is 4.43. The zero-order valence-electron chi connectivity index (χ0n) is 8.45. The Morgan fingerprint density at radius 2 is 2.08 bits per heavy atom. The summed E-state index contributed by atoms with van der Waals surface area (Å²) in [6.07, 6.45) is 4.37. The number of aryl methyl sites for hydroxylation is 1. The van der Waals surface area contributed by atoms with Crippen molar-refractivity contribution in [2.24, 2.45) is 12.8 Å². The van der Waals surface area contributed by atoms with Gasteiger partial charge >= 0.3 is 5.69 Å². The fourth-order valence-corrected chi connectivity index (χ4v) is 1.40. The number of hydrogen-bond donors (Lipinski definition) is 1. The van der Waals surface area contributed by atoms with Gasteiger partial charge in [-0.2, -0.15) is 0 Å². The molecule has 0 fully saturated rings. The second-order valence-corrected chi connectivity index (χ2v) is 3.91. The molecular weight excluding hydrogens is 166 g/mol. The van der Waals surface area contributed by atoms with Crippen LogP contribution in [0.4, 0.5) is 0 Å². The van der Waals surface area contributed by atoms with Crippen LogP contribution in [0.15, 0.2) is 17.2 Å². The number of aromatic nitrogens is 2. The molecule has 0 amide bonds. The highest BCUT2D eigenvalue weighted by atomic mass is 16.1. The van der Waals surface area contributed by atoms with Gasteiger partial charge in [-0.1, -0.05) is 0 Å². The SMILES string of the molecule is Cn1ccn(C(C)(C)CCN)c1=O. The average molecular weight is 183 g/mol. The molecule has 4 heteroatoms. The lowest BCUT2D eigenvalue weighted by Gasteiger charge is -2.24. The molecule has 0 aliphatic carbocycles. The van der Waals surface area contributed by atoms with E-state index < -0.39 is 0 Å². The van der Waals surface area contributed by atoms with Crippen molar-refractivity contribution in [1.29, 1.82) is 0 Å². The molecule has 0 aliphatic rings. The summed E-state index contributed by atoms with van der Waals surface area (Å²) in [4.78, 5) is 11.6. The fraction of sp³-hybridized carbons (Fsp3) is 0.667. The minimum atomic E-state index is -0.187. The Labute approximate surface area is 78.0 Å². The molecule has 1 heterocycles. The van der Waals surface area contributed by atoms with Gasteiger partial charge in [-0.3, -0.25) is 4.57 Å². The first-order chi connectivity index (χ1) is 5.99. The molecule has 74 valence electrons. The predicted octanol–water partition coefficient (Wildman–Crippen LogP) is 0.271. The lowest BCUT2D eigenvalue weighted by Crippen LogP contribution is -2.37. The molecule has 1 aromatic heterocycles. The predicted molar refractivity (Wildman–Crippen MR) is 52.7 cm³/mol. The van der Waals surface area contributed by atoms with Gasteiger partial charge in [-0.05, 0) is 26.8 Å². The van der Waals surface area contributed by atoms with E-state index >= 15 is 0 Å². The maximum atomic E-state index is 11.6. The van der Waals surface area contributed by atoms with E-state index in [2.05, 4.69) is 0 Å². The van der Waals surface area contributed by atoms with Crippen LogP contribution >= 0.6 is 0 Å². The summed E-state index contributed by atoms with van der Waals surface area (Å²) in [6, 6.07) is 0. The summed E-state index contributed by atoms with van der Waals surface area (Å²) in [6.45, 7) is 4.62. The lowest BCUT2D eigenvalue weighted by atomic mass is 10.0. The van der Waals surface area contributed by atoms with E-state index in [-0.39, 0.29) is 11.2 Å². The maximum absolute atomic E-state index is 11.6. The van der Waals surface area contributed by atoms with Crippen molar-refractivity contribution in [2.45, 2.75) is 25.8 Å². The highest BCUT2D eigenvalue weighted by Crippen LogP contribution is 2.15. The topological polar surface area (TPSA) is 52.9 Å². The molecule has 0 unspecified atom stereocenters. The summed E-state index contributed by atoms with van der Waals surface area (Å²) in [5.41, 5.74) is 5.31. The van der Waals surface area contributed by atoms with Gasteiger partial charge in [0.25, 0.3) is 0 Å². The van der Waals surface area contributed by atoms with E-state index in [1.165, 1.54) is 0 Å². The van der Waals surface area contributed by atoms with E-state index in [1.54, 1.807) is 28.6 Å². The molecule has 0 saturated carbocycles. The van der Waals surface area contributed by atoms with Crippen LogP contribution in [0.1, 0.15) is 20.3 Å². The normalized spacial score (nSPS) is 12.0. The van der Waals surface area contributed by atoms with E-state index in [4.69, 9.17) is 5.73 Å². The zero-order valence-corrected chi connectivity index (χ0v) is 8.45. The van der Waals surface area contributed by atoms with E-state index in [1.807, 2.05) is 13.8 Å². The van der Waals surface area contributed by atoms with Crippen molar-refractivity contribution in [3.63, 3.8) is 0 Å². The molecule has 1 aromatic rings. The van der Waals surface area contributed by atoms with Crippen LogP contribution in [0, 0.1) is 0 Å². The Balaban J connectivity index is 3.07. The number of rotatable bonds is 3. The van der Waals surface area contributed by atoms with Gasteiger partial charge in [0, 0.05) is 25.0 Å². The van der Waals surface area contributed by atoms with Crippen molar-refractivity contribution in [1.82, 2.24) is 9.13 Å². The van der Waals surface area contributed by atoms with Crippen molar-refractivity contribution in [2.75, 3.05) is 6.54 Å². The summed E-state index contributed by atoms with van der Waals surface area (Å²) in [5, 5.41) is 0. The summed E-state index contributed by atoms with van der Waals surface area (Å²) in [5.74, 6) is 0. The molecule has 2 N–H and O–H groups in total. The minimum Gasteiger partial charge on any atom is -0.330 e. The van der Waals surface area contributed by atoms with Crippen molar-refractivity contribution < 1.29 is 0 Å². The Morgan fingerprint density at radius 3 is 2.46 bits per heavy atom. The quantitative estimate of drug-likeness (QED) is 0.731. The smallest absolute Gasteiger partial charge is 0.328 e. The van der Waals surface area contributed by atoms with E-state index in [0.717, 1.165) is 6.42 Å². The molecule has 0 radical (unpaired) electrons. The second-order valence-electron chi connectivity index (χ2n) is 3.91. The molecule has 0 aromatic carbocycles. The molecule has 0 spiro atoms. The van der Waals surface area contributed by atoms with Gasteiger partial charge in [-0.25, -0.2) is 4.79 Å². The number of hydrogen-bond acceptors (Lipinski definition) is 2. The van der Waals surface area contributed by atoms with Gasteiger partial charge in [0.15, 0.2) is 0 Å². The lowest BCUT2D eigenvalue weighted by molar-refractivity contribution is 0.321. The van der Waals surface area contributed by atoms with Crippen LogP contribution in [0.2, 0.25) is 0 Å². The summed E-state index contributed by atoms with van der Waals surface area (Å²) >= 11 is 0. The van der Waals surface area contributed by atoms with Crippen molar-refractivity contribution in [3.05, 3.63) is 22.9 Å². The first-order valence-electron chi connectivity index (χ1n) is 4.43. The number of nitrogens with zero attached hydrogens (tertiary/aromatic N) is 2. The van der Waals surface area contributed by atoms with Gasteiger partial charge in [-0.15, -0.1) is 0 Å². The Kier molecular flexibility index (Phi) is 2.61. The fourth-order valence-electron chi connectivity index (χ4n) is 1.40. The minimum absolute atomic E-state index is 0.0125. The average Bonchev–Trinajstić information content (AvgIpc) is 2.33. The van der Waals surface area contributed by atoms with Crippen molar-refractivity contribution in [3.8, 4) is 0 Å². The molecule has 0 saturated heterocycles. The molecule has 13 heavy (non-hydrogen) atoms. The molecule has 0 atom stereocenters. The van der Waals surface area contributed by atoms with Crippen LogP contribution in [-0.4, -0.2) is 15.7 Å². The molecule has 0 bridgehead atoms. The van der Waals surface area contributed by atoms with Gasteiger partial charge < -0.3 is 10.3 Å².